The Morgan fingerprint density at radius 3 is 2.47 bits per heavy atom. The molecule has 0 spiro atoms. The van der Waals surface area contributed by atoms with Gasteiger partial charge < -0.3 is 14.2 Å². The van der Waals surface area contributed by atoms with Gasteiger partial charge in [-0.05, 0) is 30.5 Å². The van der Waals surface area contributed by atoms with E-state index in [2.05, 4.69) is 0 Å². The van der Waals surface area contributed by atoms with Crippen molar-refractivity contribution >= 4 is 16.7 Å². The second kappa shape index (κ2) is 5.61. The summed E-state index contributed by atoms with van der Waals surface area (Å²) >= 11 is 0. The van der Waals surface area contributed by atoms with Crippen molar-refractivity contribution in [2.75, 3.05) is 20.8 Å². The molecule has 2 aromatic carbocycles. The molecule has 2 aromatic rings. The van der Waals surface area contributed by atoms with Crippen molar-refractivity contribution in [3.8, 4) is 11.5 Å². The number of benzene rings is 2. The van der Waals surface area contributed by atoms with Gasteiger partial charge in [0.25, 0.3) is 0 Å². The van der Waals surface area contributed by atoms with Crippen LogP contribution in [0.15, 0.2) is 30.3 Å². The summed E-state index contributed by atoms with van der Waals surface area (Å²) in [5.74, 6) is 0.795. The van der Waals surface area contributed by atoms with Crippen molar-refractivity contribution in [3.05, 3.63) is 35.9 Å². The van der Waals surface area contributed by atoms with Crippen LogP contribution in [-0.4, -0.2) is 26.8 Å². The molecule has 0 N–H and O–H groups in total. The van der Waals surface area contributed by atoms with Gasteiger partial charge in [-0.2, -0.15) is 0 Å². The van der Waals surface area contributed by atoms with Crippen LogP contribution in [0.1, 0.15) is 17.3 Å². The summed E-state index contributed by atoms with van der Waals surface area (Å²) in [6.45, 7) is 2.10. The van der Waals surface area contributed by atoms with Gasteiger partial charge in [-0.25, -0.2) is 4.79 Å². The van der Waals surface area contributed by atoms with Crippen molar-refractivity contribution in [3.63, 3.8) is 0 Å². The lowest BCUT2D eigenvalue weighted by atomic mass is 10.0. The number of rotatable bonds is 4. The molecule has 0 aliphatic heterocycles. The Morgan fingerprint density at radius 1 is 1.11 bits per heavy atom. The maximum absolute atomic E-state index is 12.1. The number of carbonyl (C=O) groups is 1. The Morgan fingerprint density at radius 2 is 1.84 bits per heavy atom. The van der Waals surface area contributed by atoms with Crippen molar-refractivity contribution in [1.82, 2.24) is 0 Å². The Labute approximate surface area is 111 Å². The van der Waals surface area contributed by atoms with Crippen LogP contribution in [0.2, 0.25) is 0 Å². The molecule has 0 unspecified atom stereocenters. The van der Waals surface area contributed by atoms with Crippen molar-refractivity contribution in [1.29, 1.82) is 0 Å². The normalized spacial score (nSPS) is 10.3. The van der Waals surface area contributed by atoms with Crippen LogP contribution >= 0.6 is 0 Å². The maximum atomic E-state index is 12.1. The van der Waals surface area contributed by atoms with Crippen molar-refractivity contribution in [2.24, 2.45) is 0 Å². The van der Waals surface area contributed by atoms with Crippen LogP contribution in [0.3, 0.4) is 0 Å². The summed E-state index contributed by atoms with van der Waals surface area (Å²) in [7, 11) is 3.12. The molecule has 0 fully saturated rings. The van der Waals surface area contributed by atoms with E-state index in [9.17, 15) is 4.79 Å². The van der Waals surface area contributed by atoms with Gasteiger partial charge in [0.05, 0.1) is 20.8 Å². The molecule has 0 aliphatic carbocycles. The predicted molar refractivity (Wildman–Crippen MR) is 73.0 cm³/mol. The lowest BCUT2D eigenvalue weighted by Gasteiger charge is -2.12. The molecule has 0 heterocycles. The van der Waals surface area contributed by atoms with Crippen LogP contribution in [0.5, 0.6) is 11.5 Å². The van der Waals surface area contributed by atoms with Crippen molar-refractivity contribution < 1.29 is 19.0 Å². The van der Waals surface area contributed by atoms with Gasteiger partial charge in [-0.15, -0.1) is 0 Å². The zero-order valence-corrected chi connectivity index (χ0v) is 11.2. The lowest BCUT2D eigenvalue weighted by Crippen LogP contribution is -2.07. The van der Waals surface area contributed by atoms with Crippen LogP contribution in [0.4, 0.5) is 0 Å². The van der Waals surface area contributed by atoms with E-state index < -0.39 is 5.97 Å². The van der Waals surface area contributed by atoms with Gasteiger partial charge in [0.1, 0.15) is 17.1 Å². The molecule has 4 heteroatoms. The standard InChI is InChI=1S/C15H16O4/c1-4-19-15(16)14-12-9-11(17-2)7-5-10(12)6-8-13(14)18-3/h5-9H,4H2,1-3H3. The van der Waals surface area contributed by atoms with Crippen molar-refractivity contribution in [2.45, 2.75) is 6.92 Å². The molecule has 0 amide bonds. The third kappa shape index (κ3) is 2.47. The zero-order valence-electron chi connectivity index (χ0n) is 11.2. The van der Waals surface area contributed by atoms with E-state index in [1.54, 1.807) is 20.1 Å². The minimum Gasteiger partial charge on any atom is -0.497 e. The fraction of sp³-hybridized carbons (Fsp3) is 0.267. The van der Waals surface area contributed by atoms with Crippen LogP contribution in [0, 0.1) is 0 Å². The maximum Gasteiger partial charge on any atom is 0.342 e. The van der Waals surface area contributed by atoms with E-state index in [4.69, 9.17) is 14.2 Å². The van der Waals surface area contributed by atoms with E-state index in [0.717, 1.165) is 10.8 Å². The van der Waals surface area contributed by atoms with E-state index in [0.29, 0.717) is 23.7 Å². The third-order valence-electron chi connectivity index (χ3n) is 2.89. The van der Waals surface area contributed by atoms with Gasteiger partial charge >= 0.3 is 5.97 Å². The number of carbonyl (C=O) groups excluding carboxylic acids is 1. The molecule has 4 nitrogen and oxygen atoms in total. The molecule has 19 heavy (non-hydrogen) atoms. The lowest BCUT2D eigenvalue weighted by molar-refractivity contribution is 0.0525. The number of ether oxygens (including phenoxy) is 3. The average Bonchev–Trinajstić information content (AvgIpc) is 2.45. The SMILES string of the molecule is CCOC(=O)c1c(OC)ccc2ccc(OC)cc12. The highest BCUT2D eigenvalue weighted by atomic mass is 16.5. The smallest absolute Gasteiger partial charge is 0.342 e. The summed E-state index contributed by atoms with van der Waals surface area (Å²) in [5.41, 5.74) is 0.431. The van der Waals surface area contributed by atoms with Gasteiger partial charge in [0.2, 0.25) is 0 Å². The summed E-state index contributed by atoms with van der Waals surface area (Å²) in [6, 6.07) is 9.22. The van der Waals surface area contributed by atoms with Crippen LogP contribution < -0.4 is 9.47 Å². The number of hydrogen-bond donors (Lipinski definition) is 0. The fourth-order valence-corrected chi connectivity index (χ4v) is 1.99. The third-order valence-corrected chi connectivity index (χ3v) is 2.89. The van der Waals surface area contributed by atoms with Gasteiger partial charge in [-0.3, -0.25) is 0 Å². The molecular weight excluding hydrogens is 244 g/mol. The van der Waals surface area contributed by atoms with E-state index >= 15 is 0 Å². The molecule has 0 saturated heterocycles. The van der Waals surface area contributed by atoms with Crippen LogP contribution in [-0.2, 0) is 4.74 Å². The quantitative estimate of drug-likeness (QED) is 0.793. The molecule has 0 radical (unpaired) electrons. The zero-order chi connectivity index (χ0) is 13.8. The second-order valence-corrected chi connectivity index (χ2v) is 3.95. The highest BCUT2D eigenvalue weighted by Crippen LogP contribution is 2.31. The molecule has 2 rings (SSSR count). The topological polar surface area (TPSA) is 44.8 Å². The number of fused-ring (bicyclic) bond motifs is 1. The Hall–Kier alpha value is -2.23. The molecule has 0 atom stereocenters. The predicted octanol–water partition coefficient (Wildman–Crippen LogP) is 3.03. The molecular formula is C15H16O4. The summed E-state index contributed by atoms with van der Waals surface area (Å²) < 4.78 is 15.5. The largest absolute Gasteiger partial charge is 0.497 e. The molecule has 0 aromatic heterocycles. The van der Waals surface area contributed by atoms with E-state index in [1.165, 1.54) is 7.11 Å². The Balaban J connectivity index is 2.70. The first-order chi connectivity index (χ1) is 9.21. The minimum atomic E-state index is -0.391. The minimum absolute atomic E-state index is 0.322. The summed E-state index contributed by atoms with van der Waals surface area (Å²) in [5, 5.41) is 1.70. The second-order valence-electron chi connectivity index (χ2n) is 3.95. The Bertz CT molecular complexity index is 599. The summed E-state index contributed by atoms with van der Waals surface area (Å²) in [4.78, 5) is 12.1. The monoisotopic (exact) mass is 260 g/mol. The number of methoxy groups -OCH3 is 2. The van der Waals surface area contributed by atoms with Gasteiger partial charge in [0, 0.05) is 5.39 Å². The highest BCUT2D eigenvalue weighted by Gasteiger charge is 2.17. The number of esters is 1. The highest BCUT2D eigenvalue weighted by molar-refractivity contribution is 6.07. The van der Waals surface area contributed by atoms with Crippen LogP contribution in [0.25, 0.3) is 10.8 Å². The first kappa shape index (κ1) is 13.2. The van der Waals surface area contributed by atoms with E-state index in [-0.39, 0.29) is 0 Å². The number of hydrogen-bond acceptors (Lipinski definition) is 4. The fourth-order valence-electron chi connectivity index (χ4n) is 1.99. The Kier molecular flexibility index (Phi) is 3.90. The molecule has 0 saturated carbocycles. The summed E-state index contributed by atoms with van der Waals surface area (Å²) in [6.07, 6.45) is 0. The molecule has 0 bridgehead atoms. The van der Waals surface area contributed by atoms with Gasteiger partial charge in [0.15, 0.2) is 0 Å². The first-order valence-electron chi connectivity index (χ1n) is 6.03. The first-order valence-corrected chi connectivity index (χ1v) is 6.03. The molecule has 0 aliphatic rings. The van der Waals surface area contributed by atoms with E-state index in [1.807, 2.05) is 24.3 Å². The van der Waals surface area contributed by atoms with Gasteiger partial charge in [-0.1, -0.05) is 12.1 Å². The molecule has 100 valence electrons. The average molecular weight is 260 g/mol.